The van der Waals surface area contributed by atoms with E-state index in [0.29, 0.717) is 24.7 Å². The van der Waals surface area contributed by atoms with Gasteiger partial charge in [-0.3, -0.25) is 9.59 Å². The maximum atomic E-state index is 13.6. The van der Waals surface area contributed by atoms with Crippen LogP contribution in [-0.2, 0) is 4.79 Å². The molecule has 148 valence electrons. The molecule has 1 heterocycles. The Labute approximate surface area is 160 Å². The molecule has 3 rings (SSSR count). The van der Waals surface area contributed by atoms with Crippen LogP contribution < -0.4 is 10.1 Å². The summed E-state index contributed by atoms with van der Waals surface area (Å²) in [5, 5.41) is 2.12. The lowest BCUT2D eigenvalue weighted by molar-refractivity contribution is -0.118. The van der Waals surface area contributed by atoms with Crippen LogP contribution in [0.25, 0.3) is 0 Å². The minimum absolute atomic E-state index is 0.178. The average Bonchev–Trinajstić information content (AvgIpc) is 2.73. The third kappa shape index (κ3) is 4.44. The zero-order valence-electron chi connectivity index (χ0n) is 15.0. The monoisotopic (exact) mass is 392 g/mol. The maximum Gasteiger partial charge on any atom is 0.262 e. The van der Waals surface area contributed by atoms with E-state index in [1.165, 1.54) is 0 Å². The molecule has 2 aromatic rings. The number of anilines is 1. The average molecular weight is 392 g/mol. The van der Waals surface area contributed by atoms with Crippen molar-refractivity contribution in [3.8, 4) is 5.75 Å². The number of piperidine rings is 1. The zero-order chi connectivity index (χ0) is 20.1. The number of carbonyl (C=O) groups is 2. The van der Waals surface area contributed by atoms with Gasteiger partial charge in [-0.2, -0.15) is 0 Å². The number of rotatable bonds is 5. The van der Waals surface area contributed by atoms with Crippen molar-refractivity contribution in [2.24, 2.45) is 0 Å². The molecule has 0 radical (unpaired) electrons. The number of nitrogens with zero attached hydrogens (tertiary/aromatic N) is 1. The number of carbonyl (C=O) groups excluding carboxylic acids is 2. The summed E-state index contributed by atoms with van der Waals surface area (Å²) in [6, 6.07) is 8.15. The lowest BCUT2D eigenvalue weighted by Gasteiger charge is -2.27. The number of hydrogen-bond donors (Lipinski definition) is 1. The highest BCUT2D eigenvalue weighted by molar-refractivity contribution is 5.97. The first-order valence-electron chi connectivity index (χ1n) is 8.92. The van der Waals surface area contributed by atoms with E-state index in [1.54, 1.807) is 29.2 Å². The normalized spacial score (nSPS) is 13.9. The highest BCUT2D eigenvalue weighted by Gasteiger charge is 2.22. The van der Waals surface area contributed by atoms with Gasteiger partial charge in [0.1, 0.15) is 5.75 Å². The van der Waals surface area contributed by atoms with E-state index in [4.69, 9.17) is 4.74 Å². The van der Waals surface area contributed by atoms with Crippen molar-refractivity contribution in [2.45, 2.75) is 19.3 Å². The van der Waals surface area contributed by atoms with Crippen LogP contribution in [0.2, 0.25) is 0 Å². The second-order valence-electron chi connectivity index (χ2n) is 6.41. The minimum Gasteiger partial charge on any atom is -0.483 e. The van der Waals surface area contributed by atoms with Crippen molar-refractivity contribution in [3.05, 3.63) is 59.4 Å². The van der Waals surface area contributed by atoms with E-state index in [1.807, 2.05) is 0 Å². The smallest absolute Gasteiger partial charge is 0.262 e. The molecule has 0 bridgehead atoms. The molecule has 0 aliphatic carbocycles. The summed E-state index contributed by atoms with van der Waals surface area (Å²) in [6.07, 6.45) is 2.97. The lowest BCUT2D eigenvalue weighted by Crippen LogP contribution is -2.35. The largest absolute Gasteiger partial charge is 0.483 e. The third-order valence-corrected chi connectivity index (χ3v) is 4.43. The number of likely N-dealkylation sites (tertiary alicyclic amines) is 1. The summed E-state index contributed by atoms with van der Waals surface area (Å²) in [4.78, 5) is 26.4. The van der Waals surface area contributed by atoms with Crippen LogP contribution in [0.15, 0.2) is 36.4 Å². The molecule has 1 aliphatic rings. The Morgan fingerprint density at radius 1 is 0.964 bits per heavy atom. The van der Waals surface area contributed by atoms with Crippen molar-refractivity contribution < 1.29 is 27.5 Å². The summed E-state index contributed by atoms with van der Waals surface area (Å²) in [6.45, 7) is 0.814. The summed E-state index contributed by atoms with van der Waals surface area (Å²) >= 11 is 0. The van der Waals surface area contributed by atoms with Gasteiger partial charge in [-0.15, -0.1) is 0 Å². The van der Waals surface area contributed by atoms with Gasteiger partial charge in [0.05, 0.1) is 11.3 Å². The Bertz CT molecular complexity index is 883. The SMILES string of the molecule is O=C(COc1ccccc1C(=O)N1CCCCC1)Nc1ccc(F)c(F)c1F. The summed E-state index contributed by atoms with van der Waals surface area (Å²) in [5.74, 6) is -5.24. The van der Waals surface area contributed by atoms with E-state index in [2.05, 4.69) is 5.32 Å². The molecule has 0 aromatic heterocycles. The molecule has 1 saturated heterocycles. The Morgan fingerprint density at radius 2 is 1.68 bits per heavy atom. The van der Waals surface area contributed by atoms with Crippen molar-refractivity contribution in [2.75, 3.05) is 25.0 Å². The van der Waals surface area contributed by atoms with Gasteiger partial charge < -0.3 is 15.0 Å². The first kappa shape index (κ1) is 19.7. The molecule has 0 unspecified atom stereocenters. The van der Waals surface area contributed by atoms with Crippen molar-refractivity contribution in [1.82, 2.24) is 4.90 Å². The highest BCUT2D eigenvalue weighted by atomic mass is 19.2. The second kappa shape index (κ2) is 8.77. The summed E-state index contributed by atoms with van der Waals surface area (Å²) in [5.41, 5.74) is -0.165. The standard InChI is InChI=1S/C20H19F3N2O3/c21-14-8-9-15(19(23)18(14)22)24-17(26)12-28-16-7-3-2-6-13(16)20(27)25-10-4-1-5-11-25/h2-3,6-9H,1,4-5,10-12H2,(H,24,26). The Morgan fingerprint density at radius 3 is 2.43 bits per heavy atom. The topological polar surface area (TPSA) is 58.6 Å². The van der Waals surface area contributed by atoms with Crippen LogP contribution in [0.1, 0.15) is 29.6 Å². The molecule has 28 heavy (non-hydrogen) atoms. The van der Waals surface area contributed by atoms with Gasteiger partial charge in [-0.05, 0) is 43.5 Å². The lowest BCUT2D eigenvalue weighted by atomic mass is 10.1. The van der Waals surface area contributed by atoms with Crippen LogP contribution in [0, 0.1) is 17.5 Å². The van der Waals surface area contributed by atoms with Gasteiger partial charge in [0, 0.05) is 13.1 Å². The fraction of sp³-hybridized carbons (Fsp3) is 0.300. The van der Waals surface area contributed by atoms with Gasteiger partial charge in [-0.1, -0.05) is 12.1 Å². The van der Waals surface area contributed by atoms with Gasteiger partial charge in [-0.25, -0.2) is 13.2 Å². The molecule has 0 atom stereocenters. The fourth-order valence-corrected chi connectivity index (χ4v) is 2.99. The Kier molecular flexibility index (Phi) is 6.18. The van der Waals surface area contributed by atoms with Crippen LogP contribution in [0.4, 0.5) is 18.9 Å². The van der Waals surface area contributed by atoms with E-state index in [9.17, 15) is 22.8 Å². The summed E-state index contributed by atoms with van der Waals surface area (Å²) < 4.78 is 45.3. The molecule has 1 aliphatic heterocycles. The number of halogens is 3. The number of nitrogens with one attached hydrogen (secondary N) is 1. The number of hydrogen-bond acceptors (Lipinski definition) is 3. The third-order valence-electron chi connectivity index (χ3n) is 4.43. The molecule has 0 spiro atoms. The number of para-hydroxylation sites is 1. The molecular weight excluding hydrogens is 373 g/mol. The molecule has 1 fully saturated rings. The number of ether oxygens (including phenoxy) is 1. The first-order valence-corrected chi connectivity index (χ1v) is 8.92. The van der Waals surface area contributed by atoms with E-state index >= 15 is 0 Å². The maximum absolute atomic E-state index is 13.6. The van der Waals surface area contributed by atoms with Crippen LogP contribution in [0.5, 0.6) is 5.75 Å². The molecule has 1 N–H and O–H groups in total. The predicted molar refractivity (Wildman–Crippen MR) is 96.6 cm³/mol. The van der Waals surface area contributed by atoms with Gasteiger partial charge in [0.15, 0.2) is 24.1 Å². The van der Waals surface area contributed by atoms with Crippen LogP contribution in [-0.4, -0.2) is 36.4 Å². The van der Waals surface area contributed by atoms with Gasteiger partial charge in [0.25, 0.3) is 11.8 Å². The van der Waals surface area contributed by atoms with E-state index < -0.39 is 35.7 Å². The molecule has 5 nitrogen and oxygen atoms in total. The minimum atomic E-state index is -1.67. The molecule has 8 heteroatoms. The molecule has 2 amide bonds. The quantitative estimate of drug-likeness (QED) is 0.789. The van der Waals surface area contributed by atoms with Gasteiger partial charge in [0.2, 0.25) is 0 Å². The predicted octanol–water partition coefficient (Wildman–Crippen LogP) is 3.75. The summed E-state index contributed by atoms with van der Waals surface area (Å²) in [7, 11) is 0. The fourth-order valence-electron chi connectivity index (χ4n) is 2.99. The van der Waals surface area contributed by atoms with Crippen LogP contribution >= 0.6 is 0 Å². The first-order chi connectivity index (χ1) is 13.5. The van der Waals surface area contributed by atoms with Crippen molar-refractivity contribution in [3.63, 3.8) is 0 Å². The Hall–Kier alpha value is -3.03. The number of benzene rings is 2. The number of amides is 2. The van der Waals surface area contributed by atoms with Crippen molar-refractivity contribution >= 4 is 17.5 Å². The zero-order valence-corrected chi connectivity index (χ0v) is 15.0. The molecular formula is C20H19F3N2O3. The second-order valence-corrected chi connectivity index (χ2v) is 6.41. The highest BCUT2D eigenvalue weighted by Crippen LogP contribution is 2.23. The van der Waals surface area contributed by atoms with Crippen LogP contribution in [0.3, 0.4) is 0 Å². The molecule has 2 aromatic carbocycles. The van der Waals surface area contributed by atoms with E-state index in [0.717, 1.165) is 25.3 Å². The van der Waals surface area contributed by atoms with Crippen molar-refractivity contribution in [1.29, 1.82) is 0 Å². The molecule has 0 saturated carbocycles. The van der Waals surface area contributed by atoms with E-state index in [-0.39, 0.29) is 11.7 Å². The van der Waals surface area contributed by atoms with Gasteiger partial charge >= 0.3 is 0 Å². The Balaban J connectivity index is 1.65.